The molecule has 3 nitrogen and oxygen atoms in total. The van der Waals surface area contributed by atoms with Gasteiger partial charge in [-0.05, 0) is 36.8 Å². The van der Waals surface area contributed by atoms with E-state index in [2.05, 4.69) is 10.6 Å². The van der Waals surface area contributed by atoms with Gasteiger partial charge in [-0.25, -0.2) is 0 Å². The zero-order valence-corrected chi connectivity index (χ0v) is 11.9. The van der Waals surface area contributed by atoms with Crippen LogP contribution in [0.1, 0.15) is 23.2 Å². The number of hydrogen-bond acceptors (Lipinski definition) is 3. The van der Waals surface area contributed by atoms with Gasteiger partial charge in [-0.15, -0.1) is 0 Å². The molecule has 1 heterocycles. The normalized spacial score (nSPS) is 19.3. The summed E-state index contributed by atoms with van der Waals surface area (Å²) in [6.45, 7) is 0. The third-order valence-corrected chi connectivity index (χ3v) is 4.51. The van der Waals surface area contributed by atoms with Crippen LogP contribution in [0.15, 0.2) is 18.2 Å². The molecule has 0 aromatic heterocycles. The molecule has 5 heteroatoms. The summed E-state index contributed by atoms with van der Waals surface area (Å²) in [5.74, 6) is 2.22. The van der Waals surface area contributed by atoms with E-state index in [1.807, 2.05) is 23.9 Å². The van der Waals surface area contributed by atoms with Crippen molar-refractivity contribution in [1.29, 1.82) is 0 Å². The minimum atomic E-state index is -0.151. The lowest BCUT2D eigenvalue weighted by atomic mass is 10.1. The molecule has 0 aliphatic carbocycles. The first-order valence-electron chi connectivity index (χ1n) is 6.06. The third-order valence-electron chi connectivity index (χ3n) is 2.97. The van der Waals surface area contributed by atoms with Crippen molar-refractivity contribution >= 4 is 35.0 Å². The second kappa shape index (κ2) is 6.34. The van der Waals surface area contributed by atoms with Crippen molar-refractivity contribution in [3.05, 3.63) is 28.8 Å². The predicted molar refractivity (Wildman–Crippen MR) is 78.8 cm³/mol. The van der Waals surface area contributed by atoms with Crippen LogP contribution in [0.5, 0.6) is 0 Å². The monoisotopic (exact) mass is 284 g/mol. The molecule has 1 aromatic carbocycles. The number of carbonyl (C=O) groups excluding carboxylic acids is 1. The van der Waals surface area contributed by atoms with Crippen molar-refractivity contribution in [2.24, 2.45) is 0 Å². The Labute approximate surface area is 117 Å². The summed E-state index contributed by atoms with van der Waals surface area (Å²) in [6, 6.07) is 6.00. The maximum Gasteiger partial charge on any atom is 0.252 e. The van der Waals surface area contributed by atoms with Gasteiger partial charge in [0.15, 0.2) is 0 Å². The minimum Gasteiger partial charge on any atom is -0.381 e. The SMILES string of the molecule is CNC(=O)c1cc(NC2CCCSC2)ccc1Cl. The van der Waals surface area contributed by atoms with Crippen molar-refractivity contribution < 1.29 is 4.79 Å². The Balaban J connectivity index is 2.11. The lowest BCUT2D eigenvalue weighted by Gasteiger charge is -2.23. The highest BCUT2D eigenvalue weighted by molar-refractivity contribution is 7.99. The molecule has 0 radical (unpaired) electrons. The van der Waals surface area contributed by atoms with E-state index < -0.39 is 0 Å². The van der Waals surface area contributed by atoms with Crippen LogP contribution in [0.25, 0.3) is 0 Å². The van der Waals surface area contributed by atoms with Crippen LogP contribution in [0.3, 0.4) is 0 Å². The van der Waals surface area contributed by atoms with Gasteiger partial charge >= 0.3 is 0 Å². The smallest absolute Gasteiger partial charge is 0.252 e. The van der Waals surface area contributed by atoms with Crippen LogP contribution in [-0.2, 0) is 0 Å². The van der Waals surface area contributed by atoms with Crippen LogP contribution >= 0.6 is 23.4 Å². The highest BCUT2D eigenvalue weighted by atomic mass is 35.5. The topological polar surface area (TPSA) is 41.1 Å². The number of amides is 1. The average Bonchev–Trinajstić information content (AvgIpc) is 2.41. The lowest BCUT2D eigenvalue weighted by molar-refractivity contribution is 0.0963. The van der Waals surface area contributed by atoms with Crippen molar-refractivity contribution in [3.63, 3.8) is 0 Å². The fourth-order valence-corrected chi connectivity index (χ4v) is 3.29. The van der Waals surface area contributed by atoms with Gasteiger partial charge in [0.25, 0.3) is 5.91 Å². The summed E-state index contributed by atoms with van der Waals surface area (Å²) in [5.41, 5.74) is 1.48. The van der Waals surface area contributed by atoms with Crippen molar-refractivity contribution in [2.45, 2.75) is 18.9 Å². The molecule has 1 unspecified atom stereocenters. The molecule has 0 saturated carbocycles. The fraction of sp³-hybridized carbons (Fsp3) is 0.462. The van der Waals surface area contributed by atoms with E-state index in [-0.39, 0.29) is 5.91 Å². The second-order valence-corrected chi connectivity index (χ2v) is 5.89. The fourth-order valence-electron chi connectivity index (χ4n) is 2.01. The molecule has 1 atom stereocenters. The van der Waals surface area contributed by atoms with Gasteiger partial charge in [0.1, 0.15) is 0 Å². The number of anilines is 1. The summed E-state index contributed by atoms with van der Waals surface area (Å²) in [6.07, 6.45) is 2.43. The Hall–Kier alpha value is -0.870. The van der Waals surface area contributed by atoms with E-state index in [9.17, 15) is 4.79 Å². The second-order valence-electron chi connectivity index (χ2n) is 4.33. The Morgan fingerprint density at radius 2 is 2.33 bits per heavy atom. The Morgan fingerprint density at radius 3 is 3.00 bits per heavy atom. The van der Waals surface area contributed by atoms with Gasteiger partial charge in [0.05, 0.1) is 10.6 Å². The van der Waals surface area contributed by atoms with Crippen LogP contribution in [0.2, 0.25) is 5.02 Å². The van der Waals surface area contributed by atoms with Crippen LogP contribution in [-0.4, -0.2) is 30.5 Å². The summed E-state index contributed by atoms with van der Waals surface area (Å²) in [7, 11) is 1.61. The zero-order valence-electron chi connectivity index (χ0n) is 10.3. The maximum atomic E-state index is 11.7. The van der Waals surface area contributed by atoms with Crippen molar-refractivity contribution in [1.82, 2.24) is 5.32 Å². The number of carbonyl (C=O) groups is 1. The van der Waals surface area contributed by atoms with Gasteiger partial charge in [-0.1, -0.05) is 11.6 Å². The highest BCUT2D eigenvalue weighted by Gasteiger charge is 2.15. The maximum absolute atomic E-state index is 11.7. The molecule has 98 valence electrons. The molecule has 1 amide bonds. The summed E-state index contributed by atoms with van der Waals surface area (Å²) in [5, 5.41) is 6.55. The van der Waals surface area contributed by atoms with Gasteiger partial charge < -0.3 is 10.6 Å². The molecule has 1 aliphatic rings. The molecule has 0 bridgehead atoms. The number of nitrogens with one attached hydrogen (secondary N) is 2. The summed E-state index contributed by atoms with van der Waals surface area (Å²) in [4.78, 5) is 11.7. The molecule has 2 rings (SSSR count). The van der Waals surface area contributed by atoms with E-state index in [1.165, 1.54) is 18.6 Å². The lowest BCUT2D eigenvalue weighted by Crippen LogP contribution is -2.26. The molecular formula is C13H17ClN2OS. The molecular weight excluding hydrogens is 268 g/mol. The van der Waals surface area contributed by atoms with Crippen molar-refractivity contribution in [3.8, 4) is 0 Å². The molecule has 1 aliphatic heterocycles. The molecule has 2 N–H and O–H groups in total. The minimum absolute atomic E-state index is 0.151. The largest absolute Gasteiger partial charge is 0.381 e. The Morgan fingerprint density at radius 1 is 1.50 bits per heavy atom. The molecule has 18 heavy (non-hydrogen) atoms. The van der Waals surface area contributed by atoms with Crippen LogP contribution < -0.4 is 10.6 Å². The van der Waals surface area contributed by atoms with E-state index in [4.69, 9.17) is 11.6 Å². The van der Waals surface area contributed by atoms with Gasteiger partial charge in [0, 0.05) is 24.5 Å². The number of thioether (sulfide) groups is 1. The van der Waals surface area contributed by atoms with Gasteiger partial charge in [0.2, 0.25) is 0 Å². The molecule has 1 saturated heterocycles. The van der Waals surface area contributed by atoms with Crippen LogP contribution in [0.4, 0.5) is 5.69 Å². The van der Waals surface area contributed by atoms with Crippen molar-refractivity contribution in [2.75, 3.05) is 23.9 Å². The first kappa shape index (κ1) is 13.6. The quantitative estimate of drug-likeness (QED) is 0.896. The van der Waals surface area contributed by atoms with Crippen LogP contribution in [0, 0.1) is 0 Å². The molecule has 1 fully saturated rings. The standard InChI is InChI=1S/C13H17ClN2OS/c1-15-13(17)11-7-9(4-5-12(11)14)16-10-3-2-6-18-8-10/h4-5,7,10,16H,2-3,6,8H2,1H3,(H,15,17). The molecule has 0 spiro atoms. The number of benzene rings is 1. The molecule has 1 aromatic rings. The number of hydrogen-bond donors (Lipinski definition) is 2. The zero-order chi connectivity index (χ0) is 13.0. The highest BCUT2D eigenvalue weighted by Crippen LogP contribution is 2.24. The number of rotatable bonds is 3. The Bertz CT molecular complexity index is 433. The van der Waals surface area contributed by atoms with E-state index in [0.717, 1.165) is 11.4 Å². The first-order valence-corrected chi connectivity index (χ1v) is 7.60. The van der Waals surface area contributed by atoms with Gasteiger partial charge in [-0.2, -0.15) is 11.8 Å². The Kier molecular flexibility index (Phi) is 4.78. The van der Waals surface area contributed by atoms with E-state index in [1.54, 1.807) is 13.1 Å². The summed E-state index contributed by atoms with van der Waals surface area (Å²) < 4.78 is 0. The van der Waals surface area contributed by atoms with E-state index in [0.29, 0.717) is 16.6 Å². The predicted octanol–water partition coefficient (Wildman–Crippen LogP) is 3.01. The summed E-state index contributed by atoms with van der Waals surface area (Å²) >= 11 is 7.99. The average molecular weight is 285 g/mol. The third kappa shape index (κ3) is 3.33. The number of halogens is 1. The van der Waals surface area contributed by atoms with E-state index >= 15 is 0 Å². The first-order chi connectivity index (χ1) is 8.70. The van der Waals surface area contributed by atoms with Gasteiger partial charge in [-0.3, -0.25) is 4.79 Å².